The van der Waals surface area contributed by atoms with E-state index in [4.69, 9.17) is 5.73 Å². The minimum absolute atomic E-state index is 0.0890. The maximum absolute atomic E-state index is 11.4. The minimum atomic E-state index is 0.0890. The van der Waals surface area contributed by atoms with Crippen LogP contribution in [0.15, 0.2) is 0 Å². The van der Waals surface area contributed by atoms with E-state index in [1.807, 2.05) is 6.92 Å². The molecule has 0 aromatic heterocycles. The SMILES string of the molecule is CCNC(=O)CCN1CCN(C(C)(C)CN)CC1. The fourth-order valence-electron chi connectivity index (χ4n) is 2.25. The van der Waals surface area contributed by atoms with E-state index in [1.54, 1.807) is 0 Å². The Morgan fingerprint density at radius 2 is 1.89 bits per heavy atom. The summed E-state index contributed by atoms with van der Waals surface area (Å²) in [7, 11) is 0. The molecule has 18 heavy (non-hydrogen) atoms. The lowest BCUT2D eigenvalue weighted by molar-refractivity contribution is -0.121. The normalized spacial score (nSPS) is 18.9. The molecule has 0 unspecified atom stereocenters. The summed E-state index contributed by atoms with van der Waals surface area (Å²) < 4.78 is 0. The van der Waals surface area contributed by atoms with Crippen molar-refractivity contribution in [1.82, 2.24) is 15.1 Å². The van der Waals surface area contributed by atoms with Crippen molar-refractivity contribution < 1.29 is 4.79 Å². The summed E-state index contributed by atoms with van der Waals surface area (Å²) in [6.45, 7) is 12.7. The molecule has 1 aliphatic heterocycles. The second-order valence-corrected chi connectivity index (χ2v) is 5.55. The van der Waals surface area contributed by atoms with E-state index in [0.717, 1.165) is 39.3 Å². The monoisotopic (exact) mass is 256 g/mol. The average Bonchev–Trinajstić information content (AvgIpc) is 2.37. The van der Waals surface area contributed by atoms with Gasteiger partial charge >= 0.3 is 0 Å². The standard InChI is InChI=1S/C13H28N4O/c1-4-15-12(18)5-6-16-7-9-17(10-8-16)13(2,3)11-14/h4-11,14H2,1-3H3,(H,15,18). The summed E-state index contributed by atoms with van der Waals surface area (Å²) in [5.74, 6) is 0.155. The van der Waals surface area contributed by atoms with Crippen LogP contribution in [0.2, 0.25) is 0 Å². The van der Waals surface area contributed by atoms with Gasteiger partial charge in [-0.25, -0.2) is 0 Å². The first-order valence-corrected chi connectivity index (χ1v) is 6.93. The Bertz CT molecular complexity index is 260. The van der Waals surface area contributed by atoms with Crippen molar-refractivity contribution in [3.05, 3.63) is 0 Å². The molecule has 0 aromatic rings. The summed E-state index contributed by atoms with van der Waals surface area (Å²) in [6.07, 6.45) is 0.605. The van der Waals surface area contributed by atoms with Crippen LogP contribution in [-0.2, 0) is 4.79 Å². The molecule has 0 bridgehead atoms. The van der Waals surface area contributed by atoms with E-state index in [2.05, 4.69) is 29.0 Å². The van der Waals surface area contributed by atoms with Gasteiger partial charge in [-0.2, -0.15) is 0 Å². The van der Waals surface area contributed by atoms with Crippen LogP contribution in [0.1, 0.15) is 27.2 Å². The zero-order valence-electron chi connectivity index (χ0n) is 12.0. The van der Waals surface area contributed by atoms with Gasteiger partial charge in [0.05, 0.1) is 0 Å². The van der Waals surface area contributed by atoms with Crippen LogP contribution in [0.25, 0.3) is 0 Å². The molecule has 1 amide bonds. The zero-order valence-corrected chi connectivity index (χ0v) is 12.0. The van der Waals surface area contributed by atoms with Gasteiger partial charge < -0.3 is 16.0 Å². The van der Waals surface area contributed by atoms with Crippen LogP contribution in [-0.4, -0.2) is 67.1 Å². The minimum Gasteiger partial charge on any atom is -0.356 e. The highest BCUT2D eigenvalue weighted by molar-refractivity contribution is 5.75. The van der Waals surface area contributed by atoms with E-state index in [1.165, 1.54) is 0 Å². The zero-order chi connectivity index (χ0) is 13.6. The Hall–Kier alpha value is -0.650. The molecule has 3 N–H and O–H groups in total. The molecular weight excluding hydrogens is 228 g/mol. The summed E-state index contributed by atoms with van der Waals surface area (Å²) in [6, 6.07) is 0. The molecule has 0 spiro atoms. The van der Waals surface area contributed by atoms with Crippen LogP contribution in [0.3, 0.4) is 0 Å². The maximum atomic E-state index is 11.4. The van der Waals surface area contributed by atoms with E-state index in [-0.39, 0.29) is 11.4 Å². The number of nitrogens with one attached hydrogen (secondary N) is 1. The first-order chi connectivity index (χ1) is 8.49. The van der Waals surface area contributed by atoms with Gasteiger partial charge in [-0.1, -0.05) is 0 Å². The molecule has 1 fully saturated rings. The summed E-state index contributed by atoms with van der Waals surface area (Å²) in [4.78, 5) is 16.2. The number of carbonyl (C=O) groups is 1. The fourth-order valence-corrected chi connectivity index (χ4v) is 2.25. The smallest absolute Gasteiger partial charge is 0.221 e. The summed E-state index contributed by atoms with van der Waals surface area (Å²) in [5.41, 5.74) is 5.88. The number of carbonyl (C=O) groups excluding carboxylic acids is 1. The number of nitrogens with zero attached hydrogens (tertiary/aromatic N) is 2. The number of hydrogen-bond acceptors (Lipinski definition) is 4. The molecule has 5 heteroatoms. The predicted octanol–water partition coefficient (Wildman–Crippen LogP) is -0.132. The third-order valence-electron chi connectivity index (χ3n) is 3.76. The van der Waals surface area contributed by atoms with Crippen molar-refractivity contribution in [2.75, 3.05) is 45.8 Å². The van der Waals surface area contributed by atoms with E-state index in [9.17, 15) is 4.79 Å². The van der Waals surface area contributed by atoms with Crippen LogP contribution in [0.4, 0.5) is 0 Å². The summed E-state index contributed by atoms with van der Waals surface area (Å²) in [5, 5.41) is 2.83. The van der Waals surface area contributed by atoms with E-state index < -0.39 is 0 Å². The Kier molecular flexibility index (Phi) is 6.05. The topological polar surface area (TPSA) is 61.6 Å². The highest BCUT2D eigenvalue weighted by atomic mass is 16.1. The van der Waals surface area contributed by atoms with Gasteiger partial charge in [0.2, 0.25) is 5.91 Å². The lowest BCUT2D eigenvalue weighted by Gasteiger charge is -2.43. The first kappa shape index (κ1) is 15.4. The van der Waals surface area contributed by atoms with Gasteiger partial charge in [0, 0.05) is 57.8 Å². The molecule has 0 aromatic carbocycles. The van der Waals surface area contributed by atoms with Gasteiger partial charge in [0.25, 0.3) is 0 Å². The highest BCUT2D eigenvalue weighted by Gasteiger charge is 2.28. The molecular formula is C13H28N4O. The molecule has 1 saturated heterocycles. The lowest BCUT2D eigenvalue weighted by atomic mass is 10.0. The van der Waals surface area contributed by atoms with Gasteiger partial charge in [-0.05, 0) is 20.8 Å². The third-order valence-corrected chi connectivity index (χ3v) is 3.76. The van der Waals surface area contributed by atoms with Crippen LogP contribution < -0.4 is 11.1 Å². The van der Waals surface area contributed by atoms with Crippen LogP contribution in [0.5, 0.6) is 0 Å². The molecule has 0 saturated carbocycles. The van der Waals surface area contributed by atoms with Gasteiger partial charge in [0.1, 0.15) is 0 Å². The second kappa shape index (κ2) is 7.07. The van der Waals surface area contributed by atoms with E-state index in [0.29, 0.717) is 13.0 Å². The maximum Gasteiger partial charge on any atom is 0.221 e. The quantitative estimate of drug-likeness (QED) is 0.695. The number of nitrogens with two attached hydrogens (primary N) is 1. The van der Waals surface area contributed by atoms with Crippen LogP contribution >= 0.6 is 0 Å². The number of piperazine rings is 1. The van der Waals surface area contributed by atoms with Crippen molar-refractivity contribution in [1.29, 1.82) is 0 Å². The predicted molar refractivity (Wildman–Crippen MR) is 74.4 cm³/mol. The highest BCUT2D eigenvalue weighted by Crippen LogP contribution is 2.15. The molecule has 0 radical (unpaired) electrons. The molecule has 1 aliphatic rings. The molecule has 1 rings (SSSR count). The second-order valence-electron chi connectivity index (χ2n) is 5.55. The molecule has 0 aliphatic carbocycles. The third kappa shape index (κ3) is 4.55. The van der Waals surface area contributed by atoms with Gasteiger partial charge in [0.15, 0.2) is 0 Å². The molecule has 1 heterocycles. The van der Waals surface area contributed by atoms with Crippen molar-refractivity contribution in [2.45, 2.75) is 32.7 Å². The average molecular weight is 256 g/mol. The van der Waals surface area contributed by atoms with Gasteiger partial charge in [-0.3, -0.25) is 9.69 Å². The Morgan fingerprint density at radius 1 is 1.28 bits per heavy atom. The van der Waals surface area contributed by atoms with Crippen LogP contribution in [0, 0.1) is 0 Å². The molecule has 0 atom stereocenters. The molecule has 5 nitrogen and oxygen atoms in total. The number of hydrogen-bond donors (Lipinski definition) is 2. The van der Waals surface area contributed by atoms with Gasteiger partial charge in [-0.15, -0.1) is 0 Å². The largest absolute Gasteiger partial charge is 0.356 e. The van der Waals surface area contributed by atoms with Crippen molar-refractivity contribution in [3.63, 3.8) is 0 Å². The summed E-state index contributed by atoms with van der Waals surface area (Å²) >= 11 is 0. The fraction of sp³-hybridized carbons (Fsp3) is 0.923. The van der Waals surface area contributed by atoms with Crippen molar-refractivity contribution in [2.24, 2.45) is 5.73 Å². The Labute approximate surface area is 111 Å². The lowest BCUT2D eigenvalue weighted by Crippen LogP contribution is -2.57. The van der Waals surface area contributed by atoms with E-state index >= 15 is 0 Å². The number of amides is 1. The van der Waals surface area contributed by atoms with Crippen molar-refractivity contribution in [3.8, 4) is 0 Å². The Balaban J connectivity index is 2.25. The Morgan fingerprint density at radius 3 is 2.39 bits per heavy atom. The number of rotatable bonds is 6. The first-order valence-electron chi connectivity index (χ1n) is 6.93. The van der Waals surface area contributed by atoms with Crippen molar-refractivity contribution >= 4 is 5.91 Å². The molecule has 106 valence electrons.